The largest absolute Gasteiger partial charge is 0.495 e. The molecule has 0 saturated carbocycles. The molecule has 2 saturated heterocycles. The maximum absolute atomic E-state index is 16.2. The molecule has 4 aliphatic heterocycles. The Bertz CT molecular complexity index is 2950. The van der Waals surface area contributed by atoms with Crippen LogP contribution in [0.1, 0.15) is 95.1 Å². The summed E-state index contributed by atoms with van der Waals surface area (Å²) in [5.41, 5.74) is 10.8. The zero-order valence-electron chi connectivity index (χ0n) is 40.0. The lowest BCUT2D eigenvalue weighted by Gasteiger charge is -2.32. The Morgan fingerprint density at radius 3 is 2.54 bits per heavy atom. The second-order valence-corrected chi connectivity index (χ2v) is 18.9. The molecule has 16 heteroatoms. The molecule has 15 nitrogen and oxygen atoms in total. The molecular weight excluding hydrogens is 874 g/mol. The van der Waals surface area contributed by atoms with E-state index in [2.05, 4.69) is 85.7 Å². The summed E-state index contributed by atoms with van der Waals surface area (Å²) >= 11 is 0. The van der Waals surface area contributed by atoms with Gasteiger partial charge >= 0.3 is 0 Å². The number of benzene rings is 2. The standard InChI is InChI=1S/C53H60FN11O4/c1-32-24-38(25-43(54)50(32)35-15-20-63(21-16-35)33(2)46-28-42-41(12-17-56-51(42)61(46)4)37-7-10-48(55-3)57-29-37)53(68)64-22-23-65-40(31-64)27-39(60-65)30-62-18-13-34(14-19-62)36-6-8-44(47(26-36)69-5)58-45-9-11-49(66)59-52(45)67/h6-8,10,12,15,17,24-29,33-34,45,58H,9,11,13-14,16,18-23,30-31H2,1-5H3,(H,55,57)(H,59,66,67)/t33-,45?/m0/s1. The van der Waals surface area contributed by atoms with Gasteiger partial charge in [0, 0.05) is 92.9 Å². The van der Waals surface area contributed by atoms with Crippen molar-refractivity contribution in [1.29, 1.82) is 0 Å². The molecule has 0 spiro atoms. The normalized spacial score (nSPS) is 18.7. The number of likely N-dealkylation sites (tertiary alicyclic amines) is 1. The predicted molar refractivity (Wildman–Crippen MR) is 264 cm³/mol. The third-order valence-electron chi connectivity index (χ3n) is 14.7. The van der Waals surface area contributed by atoms with E-state index in [9.17, 15) is 14.4 Å². The highest BCUT2D eigenvalue weighted by atomic mass is 19.1. The summed E-state index contributed by atoms with van der Waals surface area (Å²) in [5, 5.41) is 14.7. The van der Waals surface area contributed by atoms with Crippen molar-refractivity contribution in [3.05, 3.63) is 124 Å². The minimum atomic E-state index is -0.479. The van der Waals surface area contributed by atoms with Crippen molar-refractivity contribution in [1.82, 2.24) is 44.3 Å². The summed E-state index contributed by atoms with van der Waals surface area (Å²) in [5.74, 6) is 0.785. The summed E-state index contributed by atoms with van der Waals surface area (Å²) in [6.07, 6.45) is 9.30. The number of pyridine rings is 2. The lowest BCUT2D eigenvalue weighted by atomic mass is 9.89. The molecule has 0 bridgehead atoms. The summed E-state index contributed by atoms with van der Waals surface area (Å²) in [7, 11) is 5.56. The number of nitrogens with zero attached hydrogens (tertiary/aromatic N) is 8. The minimum Gasteiger partial charge on any atom is -0.495 e. The Labute approximate surface area is 401 Å². The first-order chi connectivity index (χ1) is 33.4. The highest BCUT2D eigenvalue weighted by Crippen LogP contribution is 2.37. The number of aromatic nitrogens is 5. The quantitative estimate of drug-likeness (QED) is 0.105. The van der Waals surface area contributed by atoms with Crippen molar-refractivity contribution in [2.75, 3.05) is 57.5 Å². The van der Waals surface area contributed by atoms with Crippen LogP contribution in [0.15, 0.2) is 79.1 Å². The van der Waals surface area contributed by atoms with Crippen molar-refractivity contribution in [2.24, 2.45) is 7.05 Å². The molecule has 0 radical (unpaired) electrons. The fraction of sp³-hybridized carbons (Fsp3) is 0.396. The molecule has 1 unspecified atom stereocenters. The molecule has 3 N–H and O–H groups in total. The number of rotatable bonds is 12. The Hall–Kier alpha value is -6.91. The zero-order chi connectivity index (χ0) is 47.9. The van der Waals surface area contributed by atoms with Crippen LogP contribution in [-0.2, 0) is 36.3 Å². The predicted octanol–water partition coefficient (Wildman–Crippen LogP) is 7.43. The molecule has 3 amide bonds. The number of anilines is 2. The number of imide groups is 1. The van der Waals surface area contributed by atoms with Gasteiger partial charge in [-0.2, -0.15) is 5.10 Å². The highest BCUT2D eigenvalue weighted by Gasteiger charge is 2.30. The molecule has 10 rings (SSSR count). The van der Waals surface area contributed by atoms with E-state index in [0.29, 0.717) is 68.2 Å². The average molecular weight is 934 g/mol. The maximum atomic E-state index is 16.2. The Morgan fingerprint density at radius 1 is 0.971 bits per heavy atom. The van der Waals surface area contributed by atoms with Gasteiger partial charge in [-0.15, -0.1) is 0 Å². The van der Waals surface area contributed by atoms with Gasteiger partial charge in [-0.25, -0.2) is 14.4 Å². The number of carbonyl (C=O) groups excluding carboxylic acids is 3. The number of aryl methyl sites for hydroxylation is 2. The molecule has 69 heavy (non-hydrogen) atoms. The molecule has 4 aromatic heterocycles. The minimum absolute atomic E-state index is 0.0985. The van der Waals surface area contributed by atoms with Crippen LogP contribution >= 0.6 is 0 Å². The van der Waals surface area contributed by atoms with Crippen LogP contribution in [0.4, 0.5) is 15.9 Å². The molecular formula is C53H60FN11O4. The van der Waals surface area contributed by atoms with E-state index in [1.165, 1.54) is 11.6 Å². The van der Waals surface area contributed by atoms with Crippen LogP contribution in [0.2, 0.25) is 0 Å². The molecule has 358 valence electrons. The average Bonchev–Trinajstić information content (AvgIpc) is 3.94. The van der Waals surface area contributed by atoms with Gasteiger partial charge in [0.1, 0.15) is 29.1 Å². The van der Waals surface area contributed by atoms with Gasteiger partial charge in [-0.05, 0) is 135 Å². The second-order valence-electron chi connectivity index (χ2n) is 18.9. The lowest BCUT2D eigenvalue weighted by molar-refractivity contribution is -0.133. The van der Waals surface area contributed by atoms with Crippen molar-refractivity contribution >= 4 is 45.8 Å². The molecule has 2 atom stereocenters. The number of hydrogen-bond acceptors (Lipinski definition) is 11. The van der Waals surface area contributed by atoms with Crippen LogP contribution in [-0.4, -0.2) is 110 Å². The number of amides is 3. The summed E-state index contributed by atoms with van der Waals surface area (Å²) in [4.78, 5) is 53.8. The number of nitrogens with one attached hydrogen (secondary N) is 3. The van der Waals surface area contributed by atoms with E-state index in [1.54, 1.807) is 12.0 Å². The van der Waals surface area contributed by atoms with Crippen LogP contribution < -0.4 is 20.7 Å². The van der Waals surface area contributed by atoms with Crippen LogP contribution in [0.5, 0.6) is 5.75 Å². The van der Waals surface area contributed by atoms with Crippen molar-refractivity contribution < 1.29 is 23.5 Å². The van der Waals surface area contributed by atoms with Crippen molar-refractivity contribution in [2.45, 2.75) is 83.6 Å². The van der Waals surface area contributed by atoms with E-state index < -0.39 is 6.04 Å². The number of methoxy groups -OCH3 is 1. The Kier molecular flexibility index (Phi) is 12.8. The van der Waals surface area contributed by atoms with Gasteiger partial charge in [-0.1, -0.05) is 12.1 Å². The molecule has 8 heterocycles. The Morgan fingerprint density at radius 2 is 1.81 bits per heavy atom. The molecule has 0 aliphatic carbocycles. The SMILES string of the molecule is CNc1ccc(-c2ccnc3c2cc([C@H](C)N2CC=C(c4c(C)cc(C(=O)N5CCn6nc(CN7CCC(c8ccc(NC9CCC(=O)NC9=O)c(OC)c8)CC7)cc6C5)cc4F)CC2)n3C)cn1. The topological polar surface area (TPSA) is 155 Å². The summed E-state index contributed by atoms with van der Waals surface area (Å²) < 4.78 is 26.1. The van der Waals surface area contributed by atoms with E-state index in [-0.39, 0.29) is 29.6 Å². The van der Waals surface area contributed by atoms with E-state index in [0.717, 1.165) is 101 Å². The number of halogens is 1. The second kappa shape index (κ2) is 19.2. The molecule has 2 fully saturated rings. The van der Waals surface area contributed by atoms with Gasteiger partial charge in [0.05, 0.1) is 37.3 Å². The van der Waals surface area contributed by atoms with Crippen LogP contribution in [0.3, 0.4) is 0 Å². The third kappa shape index (κ3) is 9.22. The maximum Gasteiger partial charge on any atom is 0.254 e. The highest BCUT2D eigenvalue weighted by molar-refractivity contribution is 6.01. The van der Waals surface area contributed by atoms with E-state index >= 15 is 4.39 Å². The number of ether oxygens (including phenoxy) is 1. The van der Waals surface area contributed by atoms with Crippen molar-refractivity contribution in [3.63, 3.8) is 0 Å². The van der Waals surface area contributed by atoms with Crippen LogP contribution in [0, 0.1) is 12.7 Å². The van der Waals surface area contributed by atoms with Gasteiger partial charge in [0.2, 0.25) is 11.8 Å². The first-order valence-corrected chi connectivity index (χ1v) is 24.1. The summed E-state index contributed by atoms with van der Waals surface area (Å²) in [6.45, 7) is 9.63. The molecule has 2 aromatic carbocycles. The fourth-order valence-corrected chi connectivity index (χ4v) is 10.8. The van der Waals surface area contributed by atoms with Gasteiger partial charge in [0.25, 0.3) is 5.91 Å². The first kappa shape index (κ1) is 45.9. The number of carbonyl (C=O) groups is 3. The Balaban J connectivity index is 0.739. The number of piperidine rings is 2. The molecule has 4 aliphatic rings. The summed E-state index contributed by atoms with van der Waals surface area (Å²) in [6, 6.07) is 19.5. The third-order valence-corrected chi connectivity index (χ3v) is 14.7. The smallest absolute Gasteiger partial charge is 0.254 e. The number of hydrogen-bond donors (Lipinski definition) is 3. The van der Waals surface area contributed by atoms with Gasteiger partial charge in [-0.3, -0.25) is 34.2 Å². The lowest BCUT2D eigenvalue weighted by Crippen LogP contribution is -2.47. The van der Waals surface area contributed by atoms with Crippen molar-refractivity contribution in [3.8, 4) is 16.9 Å². The number of fused-ring (bicyclic) bond motifs is 2. The fourth-order valence-electron chi connectivity index (χ4n) is 10.8. The van der Waals surface area contributed by atoms with E-state index in [1.807, 2.05) is 55.3 Å². The van der Waals surface area contributed by atoms with E-state index in [4.69, 9.17) is 14.8 Å². The molecule has 6 aromatic rings. The van der Waals surface area contributed by atoms with Crippen LogP contribution in [0.25, 0.3) is 27.7 Å². The van der Waals surface area contributed by atoms with Gasteiger partial charge in [0.15, 0.2) is 0 Å². The monoisotopic (exact) mass is 933 g/mol. The zero-order valence-corrected chi connectivity index (χ0v) is 40.0. The van der Waals surface area contributed by atoms with Gasteiger partial charge < -0.3 is 24.8 Å². The first-order valence-electron chi connectivity index (χ1n) is 24.1.